The van der Waals surface area contributed by atoms with Crippen molar-refractivity contribution >= 4 is 27.7 Å². The minimum atomic E-state index is -0.154. The number of nitrogens with zero attached hydrogens (tertiary/aromatic N) is 3. The van der Waals surface area contributed by atoms with E-state index in [-0.39, 0.29) is 18.4 Å². The molecule has 0 atom stereocenters. The third-order valence-corrected chi connectivity index (χ3v) is 6.76. The van der Waals surface area contributed by atoms with Crippen molar-refractivity contribution in [1.82, 2.24) is 14.7 Å². The van der Waals surface area contributed by atoms with Crippen molar-refractivity contribution in [3.8, 4) is 0 Å². The predicted molar refractivity (Wildman–Crippen MR) is 142 cm³/mol. The van der Waals surface area contributed by atoms with Crippen LogP contribution in [0.2, 0.25) is 0 Å². The molecule has 8 heteroatoms. The molecule has 2 aromatic carbocycles. The minimum Gasteiger partial charge on any atom is -0.467 e. The van der Waals surface area contributed by atoms with Gasteiger partial charge in [0.05, 0.1) is 26.0 Å². The van der Waals surface area contributed by atoms with Gasteiger partial charge in [-0.2, -0.15) is 0 Å². The molecule has 1 saturated heterocycles. The monoisotopic (exact) mass is 553 g/mol. The van der Waals surface area contributed by atoms with E-state index in [2.05, 4.69) is 33.0 Å². The summed E-state index contributed by atoms with van der Waals surface area (Å²) in [5.74, 6) is 0.459. The fraction of sp³-hybridized carbons (Fsp3) is 0.357. The summed E-state index contributed by atoms with van der Waals surface area (Å²) < 4.78 is 11.8. The Morgan fingerprint density at radius 3 is 2.44 bits per heavy atom. The normalized spacial score (nSPS) is 13.9. The van der Waals surface area contributed by atoms with Gasteiger partial charge in [-0.1, -0.05) is 52.3 Å². The molecule has 1 fully saturated rings. The summed E-state index contributed by atoms with van der Waals surface area (Å²) in [6, 6.07) is 21.1. The Labute approximate surface area is 220 Å². The van der Waals surface area contributed by atoms with Crippen LogP contribution in [0.1, 0.15) is 21.7 Å². The van der Waals surface area contributed by atoms with Crippen LogP contribution in [0, 0.1) is 0 Å². The maximum absolute atomic E-state index is 13.6. The van der Waals surface area contributed by atoms with Gasteiger partial charge in [0.25, 0.3) is 5.91 Å². The Balaban J connectivity index is 1.48. The Kier molecular flexibility index (Phi) is 9.72. The van der Waals surface area contributed by atoms with Gasteiger partial charge in [-0.3, -0.25) is 14.5 Å². The molecule has 1 aromatic heterocycles. The van der Waals surface area contributed by atoms with Crippen LogP contribution in [-0.2, 0) is 22.5 Å². The summed E-state index contributed by atoms with van der Waals surface area (Å²) in [7, 11) is 0. The van der Waals surface area contributed by atoms with Gasteiger partial charge >= 0.3 is 0 Å². The van der Waals surface area contributed by atoms with Gasteiger partial charge in [-0.25, -0.2) is 0 Å². The molecule has 0 aliphatic carbocycles. The van der Waals surface area contributed by atoms with Gasteiger partial charge in [-0.05, 0) is 42.3 Å². The highest BCUT2D eigenvalue weighted by molar-refractivity contribution is 9.10. The lowest BCUT2D eigenvalue weighted by molar-refractivity contribution is -0.132. The Hall–Kier alpha value is -2.94. The summed E-state index contributed by atoms with van der Waals surface area (Å²) in [5, 5.41) is 0. The van der Waals surface area contributed by atoms with Crippen molar-refractivity contribution in [3.05, 3.63) is 94.4 Å². The van der Waals surface area contributed by atoms with E-state index < -0.39 is 0 Å². The van der Waals surface area contributed by atoms with E-state index in [1.807, 2.05) is 42.5 Å². The lowest BCUT2D eigenvalue weighted by Crippen LogP contribution is -2.47. The van der Waals surface area contributed by atoms with Crippen LogP contribution in [0.15, 0.2) is 81.9 Å². The summed E-state index contributed by atoms with van der Waals surface area (Å²) in [5.41, 5.74) is 1.71. The zero-order chi connectivity index (χ0) is 25.2. The summed E-state index contributed by atoms with van der Waals surface area (Å²) in [6.07, 6.45) is 2.33. The maximum Gasteiger partial charge on any atom is 0.254 e. The van der Waals surface area contributed by atoms with Crippen molar-refractivity contribution in [2.75, 3.05) is 52.5 Å². The molecule has 0 unspecified atom stereocenters. The molecule has 0 N–H and O–H groups in total. The second kappa shape index (κ2) is 13.4. The van der Waals surface area contributed by atoms with Crippen molar-refractivity contribution < 1.29 is 18.7 Å². The minimum absolute atomic E-state index is 0.00514. The third-order valence-electron chi connectivity index (χ3n) is 6.27. The maximum atomic E-state index is 13.6. The fourth-order valence-corrected chi connectivity index (χ4v) is 4.60. The summed E-state index contributed by atoms with van der Waals surface area (Å²) in [6.45, 7) is 5.09. The van der Waals surface area contributed by atoms with E-state index in [0.29, 0.717) is 45.0 Å². The molecule has 36 heavy (non-hydrogen) atoms. The number of morpholine rings is 1. The molecular formula is C28H32BrN3O4. The summed E-state index contributed by atoms with van der Waals surface area (Å²) >= 11 is 3.45. The molecule has 0 radical (unpaired) electrons. The van der Waals surface area contributed by atoms with Gasteiger partial charge in [0.2, 0.25) is 5.91 Å². The standard InChI is InChI=1S/C28H32BrN3O4/c29-25-9-4-8-24(20-25)28(34)32(14-13-30-15-18-35-19-16-30)22-27(33)31(21-26-10-5-17-36-26)12-11-23-6-2-1-3-7-23/h1-10,17,20H,11-16,18-19,21-22H2. The second-order valence-electron chi connectivity index (χ2n) is 8.82. The van der Waals surface area contributed by atoms with Crippen LogP contribution in [0.4, 0.5) is 0 Å². The second-order valence-corrected chi connectivity index (χ2v) is 9.74. The van der Waals surface area contributed by atoms with Crippen molar-refractivity contribution in [3.63, 3.8) is 0 Å². The lowest BCUT2D eigenvalue weighted by atomic mass is 10.1. The van der Waals surface area contributed by atoms with Crippen LogP contribution in [0.25, 0.3) is 0 Å². The van der Waals surface area contributed by atoms with Crippen LogP contribution in [0.5, 0.6) is 0 Å². The SMILES string of the molecule is O=C(CN(CCN1CCOCC1)C(=O)c1cccc(Br)c1)N(CCc1ccccc1)Cc1ccco1. The molecule has 190 valence electrons. The van der Waals surface area contributed by atoms with E-state index in [1.54, 1.807) is 28.2 Å². The van der Waals surface area contributed by atoms with Crippen LogP contribution in [-0.4, -0.2) is 79.0 Å². The van der Waals surface area contributed by atoms with Gasteiger partial charge < -0.3 is 19.0 Å². The molecule has 7 nitrogen and oxygen atoms in total. The molecule has 3 aromatic rings. The number of hydrogen-bond acceptors (Lipinski definition) is 5. The molecule has 2 heterocycles. The molecule has 1 aliphatic rings. The first-order valence-electron chi connectivity index (χ1n) is 12.3. The zero-order valence-corrected chi connectivity index (χ0v) is 21.9. The fourth-order valence-electron chi connectivity index (χ4n) is 4.20. The average Bonchev–Trinajstić information content (AvgIpc) is 3.43. The molecule has 2 amide bonds. The van der Waals surface area contributed by atoms with E-state index in [0.717, 1.165) is 35.3 Å². The number of hydrogen-bond donors (Lipinski definition) is 0. The number of halogens is 1. The molecule has 0 bridgehead atoms. The Bertz CT molecular complexity index is 1100. The number of rotatable bonds is 11. The zero-order valence-electron chi connectivity index (χ0n) is 20.4. The number of furan rings is 1. The lowest BCUT2D eigenvalue weighted by Gasteiger charge is -2.31. The molecular weight excluding hydrogens is 522 g/mol. The van der Waals surface area contributed by atoms with Crippen LogP contribution < -0.4 is 0 Å². The average molecular weight is 554 g/mol. The third kappa shape index (κ3) is 7.78. The van der Waals surface area contributed by atoms with Gasteiger partial charge in [0.15, 0.2) is 0 Å². The van der Waals surface area contributed by atoms with Gasteiger partial charge in [0, 0.05) is 42.8 Å². The quantitative estimate of drug-likeness (QED) is 0.358. The number of benzene rings is 2. The highest BCUT2D eigenvalue weighted by atomic mass is 79.9. The molecule has 4 rings (SSSR count). The Morgan fingerprint density at radius 2 is 1.72 bits per heavy atom. The highest BCUT2D eigenvalue weighted by Crippen LogP contribution is 2.15. The largest absolute Gasteiger partial charge is 0.467 e. The van der Waals surface area contributed by atoms with Crippen molar-refractivity contribution in [1.29, 1.82) is 0 Å². The summed E-state index contributed by atoms with van der Waals surface area (Å²) in [4.78, 5) is 32.8. The van der Waals surface area contributed by atoms with E-state index in [1.165, 1.54) is 0 Å². The Morgan fingerprint density at radius 1 is 0.917 bits per heavy atom. The first kappa shape index (κ1) is 26.1. The number of carbonyl (C=O) groups excluding carboxylic acids is 2. The van der Waals surface area contributed by atoms with Crippen molar-refractivity contribution in [2.24, 2.45) is 0 Å². The van der Waals surface area contributed by atoms with E-state index in [4.69, 9.17) is 9.15 Å². The van der Waals surface area contributed by atoms with Crippen LogP contribution in [0.3, 0.4) is 0 Å². The van der Waals surface area contributed by atoms with Crippen molar-refractivity contribution in [2.45, 2.75) is 13.0 Å². The van der Waals surface area contributed by atoms with Gasteiger partial charge in [0.1, 0.15) is 12.3 Å². The number of ether oxygens (including phenoxy) is 1. The van der Waals surface area contributed by atoms with E-state index in [9.17, 15) is 9.59 Å². The van der Waals surface area contributed by atoms with Gasteiger partial charge in [-0.15, -0.1) is 0 Å². The number of carbonyl (C=O) groups is 2. The topological polar surface area (TPSA) is 66.2 Å². The highest BCUT2D eigenvalue weighted by Gasteiger charge is 2.24. The molecule has 0 saturated carbocycles. The van der Waals surface area contributed by atoms with E-state index >= 15 is 0 Å². The predicted octanol–water partition coefficient (Wildman–Crippen LogP) is 4.09. The first-order valence-corrected chi connectivity index (χ1v) is 13.1. The molecule has 1 aliphatic heterocycles. The first-order chi connectivity index (χ1) is 17.6. The molecule has 0 spiro atoms. The smallest absolute Gasteiger partial charge is 0.254 e. The van der Waals surface area contributed by atoms with Crippen LogP contribution >= 0.6 is 15.9 Å². The number of amides is 2.